The first kappa shape index (κ1) is 16.0. The SMILES string of the molecule is NCC1(NC(=O)c2ccc(CSc3ncn[nH]3)cc2)CCCC1. The number of carbonyl (C=O) groups is 1. The molecule has 0 spiro atoms. The molecule has 7 heteroatoms. The van der Waals surface area contributed by atoms with Crippen LogP contribution in [-0.2, 0) is 5.75 Å². The van der Waals surface area contributed by atoms with Crippen molar-refractivity contribution in [2.45, 2.75) is 42.1 Å². The van der Waals surface area contributed by atoms with Gasteiger partial charge in [-0.1, -0.05) is 36.7 Å². The number of aromatic amines is 1. The summed E-state index contributed by atoms with van der Waals surface area (Å²) in [7, 11) is 0. The normalized spacial score (nSPS) is 16.4. The maximum absolute atomic E-state index is 12.4. The summed E-state index contributed by atoms with van der Waals surface area (Å²) < 4.78 is 0. The summed E-state index contributed by atoms with van der Waals surface area (Å²) in [6, 6.07) is 7.68. The van der Waals surface area contributed by atoms with Crippen molar-refractivity contribution in [1.29, 1.82) is 0 Å². The average Bonchev–Trinajstić information content (AvgIpc) is 3.25. The molecule has 4 N–H and O–H groups in total. The maximum Gasteiger partial charge on any atom is 0.251 e. The Kier molecular flexibility index (Phi) is 4.97. The smallest absolute Gasteiger partial charge is 0.251 e. The van der Waals surface area contributed by atoms with E-state index in [1.807, 2.05) is 24.3 Å². The minimum Gasteiger partial charge on any atom is -0.345 e. The van der Waals surface area contributed by atoms with Gasteiger partial charge < -0.3 is 11.1 Å². The Morgan fingerprint density at radius 1 is 1.30 bits per heavy atom. The number of hydrogen-bond donors (Lipinski definition) is 3. The van der Waals surface area contributed by atoms with Gasteiger partial charge in [-0.05, 0) is 30.5 Å². The molecule has 122 valence electrons. The van der Waals surface area contributed by atoms with Crippen molar-refractivity contribution in [3.8, 4) is 0 Å². The van der Waals surface area contributed by atoms with Crippen molar-refractivity contribution in [3.63, 3.8) is 0 Å². The Morgan fingerprint density at radius 2 is 2.04 bits per heavy atom. The van der Waals surface area contributed by atoms with Crippen LogP contribution in [0.25, 0.3) is 0 Å². The topological polar surface area (TPSA) is 96.7 Å². The van der Waals surface area contributed by atoms with Crippen molar-refractivity contribution in [2.24, 2.45) is 5.73 Å². The molecule has 1 aliphatic carbocycles. The Morgan fingerprint density at radius 3 is 2.65 bits per heavy atom. The molecule has 2 aromatic rings. The van der Waals surface area contributed by atoms with Gasteiger partial charge in [0.2, 0.25) is 0 Å². The fourth-order valence-corrected chi connectivity index (χ4v) is 3.65. The molecular formula is C16H21N5OS. The zero-order chi connectivity index (χ0) is 16.1. The molecule has 23 heavy (non-hydrogen) atoms. The van der Waals surface area contributed by atoms with Crippen molar-refractivity contribution >= 4 is 17.7 Å². The van der Waals surface area contributed by atoms with Gasteiger partial charge in [0.15, 0.2) is 5.16 Å². The number of hydrogen-bond acceptors (Lipinski definition) is 5. The third-order valence-corrected chi connectivity index (χ3v) is 5.26. The van der Waals surface area contributed by atoms with Crippen molar-refractivity contribution in [1.82, 2.24) is 20.5 Å². The molecule has 1 heterocycles. The van der Waals surface area contributed by atoms with Crippen LogP contribution in [0.1, 0.15) is 41.6 Å². The van der Waals surface area contributed by atoms with Gasteiger partial charge in [-0.25, -0.2) is 4.98 Å². The molecule has 1 aromatic carbocycles. The molecule has 1 saturated carbocycles. The lowest BCUT2D eigenvalue weighted by Crippen LogP contribution is -2.51. The summed E-state index contributed by atoms with van der Waals surface area (Å²) in [6.45, 7) is 0.505. The molecule has 1 aliphatic rings. The second-order valence-corrected chi connectivity index (χ2v) is 6.89. The highest BCUT2D eigenvalue weighted by Gasteiger charge is 2.33. The second-order valence-electron chi connectivity index (χ2n) is 5.92. The highest BCUT2D eigenvalue weighted by molar-refractivity contribution is 7.98. The molecule has 0 aliphatic heterocycles. The lowest BCUT2D eigenvalue weighted by atomic mass is 9.97. The van der Waals surface area contributed by atoms with Crippen molar-refractivity contribution < 1.29 is 4.79 Å². The number of nitrogens with one attached hydrogen (secondary N) is 2. The zero-order valence-electron chi connectivity index (χ0n) is 12.9. The average molecular weight is 331 g/mol. The van der Waals surface area contributed by atoms with E-state index >= 15 is 0 Å². The first-order chi connectivity index (χ1) is 11.2. The predicted octanol–water partition coefficient (Wildman–Crippen LogP) is 2.10. The van der Waals surface area contributed by atoms with Gasteiger partial charge in [0.1, 0.15) is 6.33 Å². The Bertz CT molecular complexity index is 635. The zero-order valence-corrected chi connectivity index (χ0v) is 13.7. The third kappa shape index (κ3) is 3.92. The number of carbonyl (C=O) groups excluding carboxylic acids is 1. The van der Waals surface area contributed by atoms with Gasteiger partial charge in [0, 0.05) is 17.9 Å². The Labute approximate surface area is 139 Å². The number of rotatable bonds is 6. The van der Waals surface area contributed by atoms with Crippen molar-refractivity contribution in [3.05, 3.63) is 41.7 Å². The minimum absolute atomic E-state index is 0.0354. The number of aromatic nitrogens is 3. The van der Waals surface area contributed by atoms with Crippen LogP contribution in [0.4, 0.5) is 0 Å². The minimum atomic E-state index is -0.210. The molecule has 0 bridgehead atoms. The number of H-pyrrole nitrogens is 1. The number of nitrogens with zero attached hydrogens (tertiary/aromatic N) is 2. The van der Waals surface area contributed by atoms with Crippen LogP contribution < -0.4 is 11.1 Å². The summed E-state index contributed by atoms with van der Waals surface area (Å²) in [4.78, 5) is 16.5. The van der Waals surface area contributed by atoms with E-state index in [1.54, 1.807) is 11.8 Å². The quantitative estimate of drug-likeness (QED) is 0.704. The summed E-state index contributed by atoms with van der Waals surface area (Å²) in [5, 5.41) is 10.6. The summed E-state index contributed by atoms with van der Waals surface area (Å²) in [5.74, 6) is 0.746. The highest BCUT2D eigenvalue weighted by Crippen LogP contribution is 2.29. The Hall–Kier alpha value is -1.86. The monoisotopic (exact) mass is 331 g/mol. The van der Waals surface area contributed by atoms with Crippen LogP contribution in [0.3, 0.4) is 0 Å². The summed E-state index contributed by atoms with van der Waals surface area (Å²) in [5.41, 5.74) is 7.48. The van der Waals surface area contributed by atoms with E-state index in [1.165, 1.54) is 6.33 Å². The molecule has 0 unspecified atom stereocenters. The van der Waals surface area contributed by atoms with E-state index in [0.717, 1.165) is 42.2 Å². The highest BCUT2D eigenvalue weighted by atomic mass is 32.2. The van der Waals surface area contributed by atoms with Gasteiger partial charge in [0.05, 0.1) is 5.54 Å². The first-order valence-corrected chi connectivity index (χ1v) is 8.79. The van der Waals surface area contributed by atoms with Crippen LogP contribution >= 0.6 is 11.8 Å². The summed E-state index contributed by atoms with van der Waals surface area (Å²) >= 11 is 1.58. The largest absolute Gasteiger partial charge is 0.345 e. The number of benzene rings is 1. The van der Waals surface area contributed by atoms with E-state index < -0.39 is 0 Å². The van der Waals surface area contributed by atoms with E-state index in [4.69, 9.17) is 5.73 Å². The molecule has 1 fully saturated rings. The van der Waals surface area contributed by atoms with Gasteiger partial charge in [-0.15, -0.1) is 0 Å². The summed E-state index contributed by atoms with van der Waals surface area (Å²) in [6.07, 6.45) is 5.71. The molecule has 1 amide bonds. The number of nitrogens with two attached hydrogens (primary N) is 1. The third-order valence-electron chi connectivity index (χ3n) is 4.31. The molecule has 0 atom stereocenters. The van der Waals surface area contributed by atoms with Crippen molar-refractivity contribution in [2.75, 3.05) is 6.54 Å². The molecule has 0 radical (unpaired) electrons. The van der Waals surface area contributed by atoms with Crippen LogP contribution in [-0.4, -0.2) is 33.2 Å². The molecule has 6 nitrogen and oxygen atoms in total. The number of thioether (sulfide) groups is 1. The lowest BCUT2D eigenvalue weighted by molar-refractivity contribution is 0.0903. The number of amides is 1. The maximum atomic E-state index is 12.4. The van der Waals surface area contributed by atoms with Crippen LogP contribution in [0.5, 0.6) is 0 Å². The van der Waals surface area contributed by atoms with Gasteiger partial charge >= 0.3 is 0 Å². The predicted molar refractivity (Wildman–Crippen MR) is 90.1 cm³/mol. The van der Waals surface area contributed by atoms with Crippen LogP contribution in [0, 0.1) is 0 Å². The van der Waals surface area contributed by atoms with Gasteiger partial charge in [0.25, 0.3) is 5.91 Å². The van der Waals surface area contributed by atoms with Crippen LogP contribution in [0.15, 0.2) is 35.7 Å². The van der Waals surface area contributed by atoms with E-state index in [-0.39, 0.29) is 11.4 Å². The fraction of sp³-hybridized carbons (Fsp3) is 0.438. The molecular weight excluding hydrogens is 310 g/mol. The van der Waals surface area contributed by atoms with E-state index in [9.17, 15) is 4.79 Å². The standard InChI is InChI=1S/C16H21N5OS/c17-10-16(7-1-2-8-16)20-14(22)13-5-3-12(4-6-13)9-23-15-18-11-19-21-15/h3-6,11H,1-2,7-10,17H2,(H,20,22)(H,18,19,21). The Balaban J connectivity index is 1.59. The lowest BCUT2D eigenvalue weighted by Gasteiger charge is -2.28. The first-order valence-electron chi connectivity index (χ1n) is 7.80. The molecule has 1 aromatic heterocycles. The van der Waals surface area contributed by atoms with Gasteiger partial charge in [-0.3, -0.25) is 9.89 Å². The van der Waals surface area contributed by atoms with Crippen LogP contribution in [0.2, 0.25) is 0 Å². The van der Waals surface area contributed by atoms with E-state index in [0.29, 0.717) is 12.1 Å². The van der Waals surface area contributed by atoms with E-state index in [2.05, 4.69) is 20.5 Å². The second kappa shape index (κ2) is 7.14. The fourth-order valence-electron chi connectivity index (χ4n) is 2.91. The molecule has 3 rings (SSSR count). The van der Waals surface area contributed by atoms with Gasteiger partial charge in [-0.2, -0.15) is 5.10 Å². The molecule has 0 saturated heterocycles.